The van der Waals surface area contributed by atoms with Gasteiger partial charge in [0, 0.05) is 12.4 Å². The highest BCUT2D eigenvalue weighted by molar-refractivity contribution is 5.83. The first kappa shape index (κ1) is 7.59. The highest BCUT2D eigenvalue weighted by atomic mass is 16.4. The molecule has 0 aliphatic rings. The van der Waals surface area contributed by atoms with Crippen LogP contribution in [0.5, 0.6) is 0 Å². The number of aromatic nitrogens is 2. The van der Waals surface area contributed by atoms with E-state index in [4.69, 9.17) is 10.9 Å². The summed E-state index contributed by atoms with van der Waals surface area (Å²) in [5.74, 6) is 0.169. The number of amidine groups is 1. The summed E-state index contributed by atoms with van der Waals surface area (Å²) >= 11 is 0. The van der Waals surface area contributed by atoms with Crippen LogP contribution in [0.25, 0.3) is 0 Å². The first-order valence-corrected chi connectivity index (χ1v) is 3.20. The Kier molecular flexibility index (Phi) is 2.10. The second kappa shape index (κ2) is 3.05. The summed E-state index contributed by atoms with van der Waals surface area (Å²) in [6.45, 7) is 1.82. The minimum absolute atomic E-state index is 0.150. The predicted molar refractivity (Wildman–Crippen MR) is 40.3 cm³/mol. The van der Waals surface area contributed by atoms with Crippen molar-refractivity contribution in [1.29, 1.82) is 0 Å². The second-order valence-electron chi connectivity index (χ2n) is 2.21. The molecule has 5 nitrogen and oxygen atoms in total. The normalized spacial score (nSPS) is 14.8. The maximum atomic E-state index is 8.33. The Morgan fingerprint density at radius 2 is 2.55 bits per heavy atom. The van der Waals surface area contributed by atoms with Crippen LogP contribution in [0.3, 0.4) is 0 Å². The molecule has 1 aromatic rings. The number of oxime groups is 1. The lowest BCUT2D eigenvalue weighted by Crippen LogP contribution is -2.23. The second-order valence-corrected chi connectivity index (χ2v) is 2.21. The Hall–Kier alpha value is -1.52. The molecule has 0 fully saturated rings. The Labute approximate surface area is 64.1 Å². The molecule has 0 bridgehead atoms. The van der Waals surface area contributed by atoms with Gasteiger partial charge < -0.3 is 15.5 Å². The largest absolute Gasteiger partial charge is 0.409 e. The van der Waals surface area contributed by atoms with Crippen molar-refractivity contribution in [2.45, 2.75) is 13.0 Å². The molecule has 0 radical (unpaired) electrons. The Balaban J connectivity index is 2.78. The number of nitrogens with two attached hydrogens (primary N) is 1. The van der Waals surface area contributed by atoms with Crippen LogP contribution in [0.15, 0.2) is 23.9 Å². The topological polar surface area (TPSA) is 76.4 Å². The van der Waals surface area contributed by atoms with Gasteiger partial charge in [0.2, 0.25) is 0 Å². The van der Waals surface area contributed by atoms with Crippen molar-refractivity contribution in [3.05, 3.63) is 18.7 Å². The molecule has 0 saturated carbocycles. The molecule has 1 rings (SSSR count). The Morgan fingerprint density at radius 1 is 1.82 bits per heavy atom. The molecule has 0 aromatic carbocycles. The zero-order valence-electron chi connectivity index (χ0n) is 6.18. The van der Waals surface area contributed by atoms with E-state index >= 15 is 0 Å². The lowest BCUT2D eigenvalue weighted by Gasteiger charge is -2.09. The van der Waals surface area contributed by atoms with Crippen LogP contribution in [-0.2, 0) is 0 Å². The molecule has 1 heterocycles. The summed E-state index contributed by atoms with van der Waals surface area (Å²) in [4.78, 5) is 3.83. The molecule has 0 aliphatic heterocycles. The van der Waals surface area contributed by atoms with E-state index in [9.17, 15) is 0 Å². The molecule has 11 heavy (non-hydrogen) atoms. The van der Waals surface area contributed by atoms with E-state index in [0.717, 1.165) is 0 Å². The molecule has 60 valence electrons. The molecule has 0 saturated heterocycles. The SMILES string of the molecule is C[C@H](/C(N)=N/O)n1ccnc1. The van der Waals surface area contributed by atoms with E-state index in [1.54, 1.807) is 23.3 Å². The lowest BCUT2D eigenvalue weighted by molar-refractivity contribution is 0.314. The summed E-state index contributed by atoms with van der Waals surface area (Å²) in [7, 11) is 0. The van der Waals surface area contributed by atoms with Gasteiger partial charge in [-0.3, -0.25) is 0 Å². The molecule has 3 N–H and O–H groups in total. The molecule has 0 amide bonds. The highest BCUT2D eigenvalue weighted by Gasteiger charge is 2.07. The third-order valence-electron chi connectivity index (χ3n) is 1.52. The quantitative estimate of drug-likeness (QED) is 0.276. The highest BCUT2D eigenvalue weighted by Crippen LogP contribution is 2.02. The first-order valence-electron chi connectivity index (χ1n) is 3.20. The van der Waals surface area contributed by atoms with Crippen LogP contribution in [0.2, 0.25) is 0 Å². The lowest BCUT2D eigenvalue weighted by atomic mass is 10.3. The fourth-order valence-corrected chi connectivity index (χ4v) is 0.735. The van der Waals surface area contributed by atoms with Gasteiger partial charge in [-0.25, -0.2) is 4.98 Å². The monoisotopic (exact) mass is 154 g/mol. The van der Waals surface area contributed by atoms with Gasteiger partial charge in [0.1, 0.15) is 0 Å². The van der Waals surface area contributed by atoms with Gasteiger partial charge in [0.05, 0.1) is 12.4 Å². The van der Waals surface area contributed by atoms with Gasteiger partial charge in [-0.05, 0) is 6.92 Å². The van der Waals surface area contributed by atoms with Gasteiger partial charge >= 0.3 is 0 Å². The van der Waals surface area contributed by atoms with Crippen molar-refractivity contribution in [2.24, 2.45) is 10.9 Å². The van der Waals surface area contributed by atoms with E-state index in [0.29, 0.717) is 0 Å². The molecule has 0 aliphatic carbocycles. The standard InChI is InChI=1S/C6H10N4O/c1-5(6(7)9-11)10-3-2-8-4-10/h2-5,11H,1H3,(H2,7,9)/t5-/m1/s1. The summed E-state index contributed by atoms with van der Waals surface area (Å²) in [5, 5.41) is 11.2. The fraction of sp³-hybridized carbons (Fsp3) is 0.333. The van der Waals surface area contributed by atoms with Gasteiger partial charge in [-0.2, -0.15) is 0 Å². The van der Waals surface area contributed by atoms with Crippen LogP contribution in [0, 0.1) is 0 Å². The van der Waals surface area contributed by atoms with Gasteiger partial charge in [0.15, 0.2) is 5.84 Å². The summed E-state index contributed by atoms with van der Waals surface area (Å²) in [6, 6.07) is -0.150. The van der Waals surface area contributed by atoms with Gasteiger partial charge in [-0.15, -0.1) is 0 Å². The number of rotatable bonds is 2. The maximum Gasteiger partial charge on any atom is 0.162 e. The smallest absolute Gasteiger partial charge is 0.162 e. The van der Waals surface area contributed by atoms with Crippen LogP contribution in [0.4, 0.5) is 0 Å². The molecule has 0 spiro atoms. The predicted octanol–water partition coefficient (Wildman–Crippen LogP) is 0.190. The Morgan fingerprint density at radius 3 is 3.00 bits per heavy atom. The van der Waals surface area contributed by atoms with Crippen LogP contribution < -0.4 is 5.73 Å². The number of nitrogens with zero attached hydrogens (tertiary/aromatic N) is 3. The van der Waals surface area contributed by atoms with Crippen LogP contribution >= 0.6 is 0 Å². The molecule has 5 heteroatoms. The summed E-state index contributed by atoms with van der Waals surface area (Å²) in [6.07, 6.45) is 5.01. The van der Waals surface area contributed by atoms with Crippen molar-refractivity contribution < 1.29 is 5.21 Å². The van der Waals surface area contributed by atoms with Gasteiger partial charge in [-0.1, -0.05) is 5.16 Å². The molecule has 1 atom stereocenters. The molecule has 0 unspecified atom stereocenters. The van der Waals surface area contributed by atoms with Crippen LogP contribution in [-0.4, -0.2) is 20.6 Å². The number of imidazole rings is 1. The third-order valence-corrected chi connectivity index (χ3v) is 1.52. The van der Waals surface area contributed by atoms with Crippen molar-refractivity contribution >= 4 is 5.84 Å². The van der Waals surface area contributed by atoms with Crippen LogP contribution in [0.1, 0.15) is 13.0 Å². The van der Waals surface area contributed by atoms with Crippen molar-refractivity contribution in [2.75, 3.05) is 0 Å². The maximum absolute atomic E-state index is 8.33. The van der Waals surface area contributed by atoms with E-state index in [-0.39, 0.29) is 11.9 Å². The minimum atomic E-state index is -0.150. The van der Waals surface area contributed by atoms with Crippen molar-refractivity contribution in [1.82, 2.24) is 9.55 Å². The average molecular weight is 154 g/mol. The summed E-state index contributed by atoms with van der Waals surface area (Å²) in [5.41, 5.74) is 5.36. The zero-order chi connectivity index (χ0) is 8.27. The van der Waals surface area contributed by atoms with E-state index in [1.165, 1.54) is 0 Å². The number of hydrogen-bond donors (Lipinski definition) is 2. The molecular formula is C6H10N4O. The van der Waals surface area contributed by atoms with E-state index in [2.05, 4.69) is 10.1 Å². The molecular weight excluding hydrogens is 144 g/mol. The van der Waals surface area contributed by atoms with Crippen molar-refractivity contribution in [3.63, 3.8) is 0 Å². The Bertz CT molecular complexity index is 241. The molecule has 1 aromatic heterocycles. The zero-order valence-corrected chi connectivity index (χ0v) is 6.18. The first-order chi connectivity index (χ1) is 5.25. The van der Waals surface area contributed by atoms with E-state index in [1.807, 2.05) is 6.92 Å². The third kappa shape index (κ3) is 1.49. The summed E-state index contributed by atoms with van der Waals surface area (Å²) < 4.78 is 1.75. The minimum Gasteiger partial charge on any atom is -0.409 e. The van der Waals surface area contributed by atoms with E-state index < -0.39 is 0 Å². The average Bonchev–Trinajstić information content (AvgIpc) is 2.53. The van der Waals surface area contributed by atoms with Gasteiger partial charge in [0.25, 0.3) is 0 Å². The fourth-order valence-electron chi connectivity index (χ4n) is 0.735. The number of hydrogen-bond acceptors (Lipinski definition) is 3. The van der Waals surface area contributed by atoms with Crippen molar-refractivity contribution in [3.8, 4) is 0 Å².